The summed E-state index contributed by atoms with van der Waals surface area (Å²) in [6.07, 6.45) is 0. The predicted octanol–water partition coefficient (Wildman–Crippen LogP) is -2.18. The van der Waals surface area contributed by atoms with Crippen LogP contribution in [0.2, 0.25) is 0 Å². The van der Waals surface area contributed by atoms with Crippen molar-refractivity contribution in [3.05, 3.63) is 35.9 Å². The van der Waals surface area contributed by atoms with E-state index in [1.807, 2.05) is 6.07 Å². The number of hydrazine groups is 1. The first-order valence-electron chi connectivity index (χ1n) is 4.19. The standard InChI is InChI=1S/C9H13IN3/c1-9(11-10-13(2)12-9)8-6-4-3-5-7-8/h3-7,11-12H,1-2H3/q-1. The van der Waals surface area contributed by atoms with Gasteiger partial charge in [-0.15, -0.1) is 0 Å². The molecule has 0 spiro atoms. The summed E-state index contributed by atoms with van der Waals surface area (Å²) in [5.41, 5.74) is 4.64. The fourth-order valence-corrected chi connectivity index (χ4v) is 3.27. The molecule has 0 bridgehead atoms. The Morgan fingerprint density at radius 2 is 2.00 bits per heavy atom. The Bertz CT molecular complexity index is 290. The van der Waals surface area contributed by atoms with E-state index in [9.17, 15) is 0 Å². The van der Waals surface area contributed by atoms with Crippen molar-refractivity contribution >= 4 is 0 Å². The SMILES string of the molecule is CN1NC(C)(c2ccccc2)N[I-]1. The molecular weight excluding hydrogens is 277 g/mol. The summed E-state index contributed by atoms with van der Waals surface area (Å²) in [6.45, 7) is 2.17. The van der Waals surface area contributed by atoms with Crippen LogP contribution in [0.15, 0.2) is 30.3 Å². The molecule has 1 heterocycles. The normalized spacial score (nSPS) is 30.0. The maximum absolute atomic E-state index is 3.52. The van der Waals surface area contributed by atoms with Gasteiger partial charge in [-0.2, -0.15) is 0 Å². The van der Waals surface area contributed by atoms with Gasteiger partial charge in [0.1, 0.15) is 0 Å². The van der Waals surface area contributed by atoms with Crippen molar-refractivity contribution < 1.29 is 21.8 Å². The van der Waals surface area contributed by atoms with Crippen LogP contribution in [0.3, 0.4) is 0 Å². The molecule has 2 rings (SSSR count). The molecule has 0 radical (unpaired) electrons. The molecular formula is C9H13IN3-. The number of nitrogens with zero attached hydrogens (tertiary/aromatic N) is 1. The van der Waals surface area contributed by atoms with Crippen LogP contribution in [0, 0.1) is 0 Å². The van der Waals surface area contributed by atoms with Crippen LogP contribution in [0.1, 0.15) is 12.5 Å². The van der Waals surface area contributed by atoms with Crippen molar-refractivity contribution in [2.45, 2.75) is 12.6 Å². The molecule has 3 nitrogen and oxygen atoms in total. The second kappa shape index (κ2) is 3.53. The monoisotopic (exact) mass is 290 g/mol. The molecule has 1 unspecified atom stereocenters. The second-order valence-electron chi connectivity index (χ2n) is 3.26. The van der Waals surface area contributed by atoms with Gasteiger partial charge in [-0.1, -0.05) is 0 Å². The van der Waals surface area contributed by atoms with Gasteiger partial charge in [-0.25, -0.2) is 0 Å². The molecule has 0 aliphatic carbocycles. The topological polar surface area (TPSA) is 27.3 Å². The van der Waals surface area contributed by atoms with Gasteiger partial charge in [0.2, 0.25) is 0 Å². The van der Waals surface area contributed by atoms with Crippen molar-refractivity contribution in [1.29, 1.82) is 0 Å². The van der Waals surface area contributed by atoms with Crippen LogP contribution in [0.5, 0.6) is 0 Å². The van der Waals surface area contributed by atoms with E-state index < -0.39 is 0 Å². The van der Waals surface area contributed by atoms with Gasteiger partial charge in [0, 0.05) is 0 Å². The number of hydrogen-bond acceptors (Lipinski definition) is 3. The summed E-state index contributed by atoms with van der Waals surface area (Å²) in [5.74, 6) is 0. The Hall–Kier alpha value is -0.170. The van der Waals surface area contributed by atoms with Crippen molar-refractivity contribution in [2.75, 3.05) is 7.05 Å². The molecule has 0 saturated carbocycles. The predicted molar refractivity (Wildman–Crippen MR) is 47.8 cm³/mol. The maximum atomic E-state index is 3.52. The van der Waals surface area contributed by atoms with Crippen molar-refractivity contribution in [3.8, 4) is 0 Å². The van der Waals surface area contributed by atoms with E-state index in [0.29, 0.717) is 0 Å². The molecule has 0 aromatic heterocycles. The molecule has 2 N–H and O–H groups in total. The minimum atomic E-state index is -0.0662. The molecule has 4 heteroatoms. The molecule has 1 aromatic carbocycles. The first kappa shape index (κ1) is 9.39. The molecule has 0 amide bonds. The number of nitrogens with one attached hydrogen (secondary N) is 2. The number of benzene rings is 1. The third-order valence-electron chi connectivity index (χ3n) is 2.09. The zero-order valence-electron chi connectivity index (χ0n) is 7.71. The average Bonchev–Trinajstić information content (AvgIpc) is 2.49. The molecule has 13 heavy (non-hydrogen) atoms. The van der Waals surface area contributed by atoms with Gasteiger partial charge in [-0.3, -0.25) is 0 Å². The van der Waals surface area contributed by atoms with Crippen LogP contribution >= 0.6 is 0 Å². The average molecular weight is 290 g/mol. The van der Waals surface area contributed by atoms with Crippen molar-refractivity contribution in [2.24, 2.45) is 0 Å². The van der Waals surface area contributed by atoms with E-state index in [2.05, 4.69) is 50.4 Å². The van der Waals surface area contributed by atoms with Gasteiger partial charge < -0.3 is 0 Å². The molecule has 1 aliphatic rings. The Morgan fingerprint density at radius 3 is 2.54 bits per heavy atom. The second-order valence-corrected chi connectivity index (χ2v) is 5.73. The quantitative estimate of drug-likeness (QED) is 0.455. The Labute approximate surface area is 89.4 Å². The number of rotatable bonds is 1. The molecule has 1 aliphatic heterocycles. The summed E-state index contributed by atoms with van der Waals surface area (Å²) in [7, 11) is 2.08. The third-order valence-corrected chi connectivity index (χ3v) is 4.37. The van der Waals surface area contributed by atoms with Crippen molar-refractivity contribution in [1.82, 2.24) is 12.2 Å². The molecule has 1 atom stereocenters. The van der Waals surface area contributed by atoms with Gasteiger partial charge in [0.15, 0.2) is 0 Å². The summed E-state index contributed by atoms with van der Waals surface area (Å²) >= 11 is -0.0638. The van der Waals surface area contributed by atoms with E-state index in [0.717, 1.165) is 0 Å². The number of hydrogen-bond donors (Lipinski definition) is 2. The zero-order chi connectivity index (χ0) is 9.31. The van der Waals surface area contributed by atoms with Crippen LogP contribution in [-0.2, 0) is 5.66 Å². The van der Waals surface area contributed by atoms with E-state index in [1.54, 1.807) is 0 Å². The minimum absolute atomic E-state index is 0.0638. The van der Waals surface area contributed by atoms with E-state index in [4.69, 9.17) is 0 Å². The van der Waals surface area contributed by atoms with Gasteiger partial charge in [0.05, 0.1) is 0 Å². The van der Waals surface area contributed by atoms with Crippen LogP contribution in [0.25, 0.3) is 0 Å². The van der Waals surface area contributed by atoms with Crippen LogP contribution < -0.4 is 30.7 Å². The molecule has 1 fully saturated rings. The van der Waals surface area contributed by atoms with Crippen molar-refractivity contribution in [3.63, 3.8) is 0 Å². The summed E-state index contributed by atoms with van der Waals surface area (Å²) in [4.78, 5) is 0. The summed E-state index contributed by atoms with van der Waals surface area (Å²) in [5, 5.41) is 0. The van der Waals surface area contributed by atoms with Gasteiger partial charge in [-0.05, 0) is 0 Å². The summed E-state index contributed by atoms with van der Waals surface area (Å²) in [6, 6.07) is 10.5. The van der Waals surface area contributed by atoms with E-state index >= 15 is 0 Å². The fourth-order valence-electron chi connectivity index (χ4n) is 1.39. The van der Waals surface area contributed by atoms with Gasteiger partial charge >= 0.3 is 89.5 Å². The first-order chi connectivity index (χ1) is 6.21. The zero-order valence-corrected chi connectivity index (χ0v) is 9.87. The van der Waals surface area contributed by atoms with E-state index in [1.165, 1.54) is 5.56 Å². The van der Waals surface area contributed by atoms with Gasteiger partial charge in [0.25, 0.3) is 0 Å². The first-order valence-corrected chi connectivity index (χ1v) is 6.23. The fraction of sp³-hybridized carbons (Fsp3) is 0.333. The molecule has 72 valence electrons. The molecule has 1 saturated heterocycles. The summed E-state index contributed by atoms with van der Waals surface area (Å²) < 4.78 is 5.68. The van der Waals surface area contributed by atoms with Crippen LogP contribution in [0.4, 0.5) is 0 Å². The Kier molecular flexibility index (Phi) is 2.55. The third kappa shape index (κ3) is 1.85. The Balaban J connectivity index is 2.26. The molecule has 1 aromatic rings. The number of halogens is 1. The van der Waals surface area contributed by atoms with Crippen LogP contribution in [-0.4, -0.2) is 10.3 Å². The van der Waals surface area contributed by atoms with E-state index in [-0.39, 0.29) is 27.4 Å². The Morgan fingerprint density at radius 1 is 1.31 bits per heavy atom.